The molecule has 0 spiro atoms. The number of nitriles is 1. The van der Waals surface area contributed by atoms with Gasteiger partial charge < -0.3 is 5.73 Å². The zero-order valence-electron chi connectivity index (χ0n) is 7.50. The molecule has 5 heteroatoms. The van der Waals surface area contributed by atoms with Crippen molar-refractivity contribution in [2.75, 3.05) is 0 Å². The van der Waals surface area contributed by atoms with Gasteiger partial charge in [0.15, 0.2) is 0 Å². The second-order valence-corrected chi connectivity index (χ2v) is 3.11. The smallest absolute Gasteiger partial charge is 0.259 e. The van der Waals surface area contributed by atoms with E-state index in [0.717, 1.165) is 6.07 Å². The minimum absolute atomic E-state index is 0.0782. The lowest BCUT2D eigenvalue weighted by atomic mass is 10.1. The van der Waals surface area contributed by atoms with Crippen LogP contribution in [0.2, 0.25) is 5.02 Å². The Labute approximate surface area is 90.6 Å². The Hall–Kier alpha value is -1.86. The van der Waals surface area contributed by atoms with E-state index < -0.39 is 11.7 Å². The first-order valence-corrected chi connectivity index (χ1v) is 4.29. The minimum Gasteiger partial charge on any atom is -0.365 e. The molecular weight excluding hydrogens is 219 g/mol. The average molecular weight is 225 g/mol. The van der Waals surface area contributed by atoms with Gasteiger partial charge in [-0.25, -0.2) is 4.39 Å². The number of amides is 1. The summed E-state index contributed by atoms with van der Waals surface area (Å²) in [7, 11) is 0. The van der Waals surface area contributed by atoms with Gasteiger partial charge in [0.2, 0.25) is 0 Å². The summed E-state index contributed by atoms with van der Waals surface area (Å²) in [5.74, 6) is -1.40. The molecule has 0 atom stereocenters. The molecule has 0 aliphatic heterocycles. The van der Waals surface area contributed by atoms with Gasteiger partial charge in [0, 0.05) is 0 Å². The molecule has 0 aliphatic carbocycles. The van der Waals surface area contributed by atoms with Crippen LogP contribution in [0.15, 0.2) is 23.8 Å². The Bertz CT molecular complexity index is 477. The van der Waals surface area contributed by atoms with Crippen LogP contribution in [0.3, 0.4) is 0 Å². The van der Waals surface area contributed by atoms with Crippen molar-refractivity contribution >= 4 is 23.6 Å². The van der Waals surface area contributed by atoms with E-state index in [0.29, 0.717) is 5.56 Å². The number of carbonyl (C=O) groups excluding carboxylic acids is 1. The fraction of sp³-hybridized carbons (Fsp3) is 0. The van der Waals surface area contributed by atoms with Gasteiger partial charge in [-0.05, 0) is 23.8 Å². The van der Waals surface area contributed by atoms with Crippen LogP contribution < -0.4 is 5.73 Å². The Kier molecular flexibility index (Phi) is 3.42. The molecule has 0 unspecified atom stereocenters. The molecule has 0 radical (unpaired) electrons. The summed E-state index contributed by atoms with van der Waals surface area (Å²) in [6, 6.07) is 5.47. The number of halogens is 2. The summed E-state index contributed by atoms with van der Waals surface area (Å²) in [5.41, 5.74) is 5.16. The Balaban J connectivity index is 3.14. The van der Waals surface area contributed by atoms with Crippen LogP contribution in [-0.4, -0.2) is 5.91 Å². The van der Waals surface area contributed by atoms with Crippen molar-refractivity contribution in [3.8, 4) is 6.07 Å². The molecule has 0 fully saturated rings. The van der Waals surface area contributed by atoms with Crippen molar-refractivity contribution in [2.45, 2.75) is 0 Å². The maximum atomic E-state index is 12.8. The zero-order chi connectivity index (χ0) is 11.4. The number of nitrogens with two attached hydrogens (primary N) is 1. The van der Waals surface area contributed by atoms with Gasteiger partial charge in [0.1, 0.15) is 17.5 Å². The molecule has 0 heterocycles. The summed E-state index contributed by atoms with van der Waals surface area (Å²) in [5, 5.41) is 8.48. The van der Waals surface area contributed by atoms with E-state index in [9.17, 15) is 9.18 Å². The molecule has 3 nitrogen and oxygen atoms in total. The third-order valence-electron chi connectivity index (χ3n) is 1.64. The quantitative estimate of drug-likeness (QED) is 0.616. The van der Waals surface area contributed by atoms with Gasteiger partial charge in [-0.15, -0.1) is 0 Å². The molecular formula is C10H6ClFN2O. The van der Waals surface area contributed by atoms with Gasteiger partial charge in [-0.2, -0.15) is 5.26 Å². The van der Waals surface area contributed by atoms with Gasteiger partial charge in [-0.1, -0.05) is 17.7 Å². The highest BCUT2D eigenvalue weighted by Crippen LogP contribution is 2.17. The van der Waals surface area contributed by atoms with Crippen LogP contribution in [0.1, 0.15) is 5.56 Å². The van der Waals surface area contributed by atoms with E-state index >= 15 is 0 Å². The minimum atomic E-state index is -0.835. The van der Waals surface area contributed by atoms with E-state index in [2.05, 4.69) is 0 Å². The summed E-state index contributed by atoms with van der Waals surface area (Å²) in [6.07, 6.45) is 1.24. The van der Waals surface area contributed by atoms with Crippen LogP contribution in [0.4, 0.5) is 4.39 Å². The molecule has 0 saturated carbocycles. The number of carbonyl (C=O) groups is 1. The van der Waals surface area contributed by atoms with Crippen LogP contribution in [0.25, 0.3) is 6.08 Å². The highest BCUT2D eigenvalue weighted by atomic mass is 35.5. The fourth-order valence-electron chi connectivity index (χ4n) is 0.927. The standard InChI is InChI=1S/C10H6ClFN2O/c11-8-4-6(1-2-9(8)12)3-7(5-13)10(14)15/h1-4H,(H2,14,15)/b7-3-. The SMILES string of the molecule is N#C/C(=C/c1ccc(F)c(Cl)c1)C(N)=O. The number of benzene rings is 1. The molecule has 2 N–H and O–H groups in total. The van der Waals surface area contributed by atoms with Crippen molar-refractivity contribution in [1.29, 1.82) is 5.26 Å². The third-order valence-corrected chi connectivity index (χ3v) is 1.93. The van der Waals surface area contributed by atoms with Gasteiger partial charge >= 0.3 is 0 Å². The average Bonchev–Trinajstić information content (AvgIpc) is 2.19. The Morgan fingerprint density at radius 2 is 2.27 bits per heavy atom. The molecule has 76 valence electrons. The maximum Gasteiger partial charge on any atom is 0.259 e. The summed E-state index contributed by atoms with van der Waals surface area (Å²) < 4.78 is 12.8. The lowest BCUT2D eigenvalue weighted by Gasteiger charge is -1.97. The first-order valence-electron chi connectivity index (χ1n) is 3.91. The van der Waals surface area contributed by atoms with E-state index in [4.69, 9.17) is 22.6 Å². The first-order chi connectivity index (χ1) is 7.04. The Morgan fingerprint density at radius 3 is 2.73 bits per heavy atom. The number of primary amides is 1. The predicted molar refractivity (Wildman–Crippen MR) is 54.2 cm³/mol. The summed E-state index contributed by atoms with van der Waals surface area (Å²) >= 11 is 5.52. The number of hydrogen-bond donors (Lipinski definition) is 1. The lowest BCUT2D eigenvalue weighted by Crippen LogP contribution is -2.12. The molecule has 15 heavy (non-hydrogen) atoms. The van der Waals surface area contributed by atoms with Crippen molar-refractivity contribution in [1.82, 2.24) is 0 Å². The molecule has 1 rings (SSSR count). The van der Waals surface area contributed by atoms with Crippen molar-refractivity contribution < 1.29 is 9.18 Å². The lowest BCUT2D eigenvalue weighted by molar-refractivity contribution is -0.114. The Morgan fingerprint density at radius 1 is 1.60 bits per heavy atom. The summed E-state index contributed by atoms with van der Waals surface area (Å²) in [4.78, 5) is 10.7. The fourth-order valence-corrected chi connectivity index (χ4v) is 1.12. The number of nitrogens with zero attached hydrogens (tertiary/aromatic N) is 1. The third kappa shape index (κ3) is 2.79. The van der Waals surface area contributed by atoms with E-state index in [1.165, 1.54) is 18.2 Å². The van der Waals surface area contributed by atoms with Gasteiger partial charge in [0.05, 0.1) is 5.02 Å². The predicted octanol–water partition coefficient (Wildman–Crippen LogP) is 1.87. The van der Waals surface area contributed by atoms with Gasteiger partial charge in [-0.3, -0.25) is 4.79 Å². The normalized spacial score (nSPS) is 10.9. The molecule has 1 aromatic carbocycles. The summed E-state index contributed by atoms with van der Waals surface area (Å²) in [6.45, 7) is 0. The molecule has 0 aromatic heterocycles. The maximum absolute atomic E-state index is 12.8. The van der Waals surface area contributed by atoms with E-state index in [1.807, 2.05) is 0 Å². The van der Waals surface area contributed by atoms with Gasteiger partial charge in [0.25, 0.3) is 5.91 Å². The largest absolute Gasteiger partial charge is 0.365 e. The topological polar surface area (TPSA) is 66.9 Å². The van der Waals surface area contributed by atoms with Crippen molar-refractivity contribution in [3.05, 3.63) is 40.2 Å². The zero-order valence-corrected chi connectivity index (χ0v) is 8.25. The van der Waals surface area contributed by atoms with Crippen LogP contribution in [-0.2, 0) is 4.79 Å². The van der Waals surface area contributed by atoms with Crippen molar-refractivity contribution in [2.24, 2.45) is 5.73 Å². The number of rotatable bonds is 2. The van der Waals surface area contributed by atoms with Crippen LogP contribution in [0, 0.1) is 17.1 Å². The van der Waals surface area contributed by atoms with Crippen LogP contribution >= 0.6 is 11.6 Å². The molecule has 1 aromatic rings. The highest BCUT2D eigenvalue weighted by molar-refractivity contribution is 6.30. The van der Waals surface area contributed by atoms with E-state index in [1.54, 1.807) is 6.07 Å². The molecule has 0 saturated heterocycles. The molecule has 0 bridgehead atoms. The number of hydrogen-bond acceptors (Lipinski definition) is 2. The second kappa shape index (κ2) is 4.58. The van der Waals surface area contributed by atoms with Crippen LogP contribution in [0.5, 0.6) is 0 Å². The second-order valence-electron chi connectivity index (χ2n) is 2.71. The molecule has 0 aliphatic rings. The molecule has 1 amide bonds. The van der Waals surface area contributed by atoms with E-state index in [-0.39, 0.29) is 10.6 Å². The first kappa shape index (κ1) is 11.2. The van der Waals surface area contributed by atoms with Crippen molar-refractivity contribution in [3.63, 3.8) is 0 Å². The highest BCUT2D eigenvalue weighted by Gasteiger charge is 2.04. The monoisotopic (exact) mass is 224 g/mol.